The van der Waals surface area contributed by atoms with E-state index in [4.69, 9.17) is 4.74 Å². The molecule has 82 valence electrons. The van der Waals surface area contributed by atoms with Crippen LogP contribution in [0.15, 0.2) is 30.3 Å². The number of hydrogen-bond donors (Lipinski definition) is 0. The fourth-order valence-corrected chi connectivity index (χ4v) is 3.94. The normalized spacial score (nSPS) is 25.3. The molecule has 1 heterocycles. The molecule has 1 saturated heterocycles. The highest BCUT2D eigenvalue weighted by molar-refractivity contribution is 6.78. The van der Waals surface area contributed by atoms with Crippen LogP contribution < -0.4 is 0 Å². The van der Waals surface area contributed by atoms with E-state index in [1.165, 1.54) is 12.0 Å². The van der Waals surface area contributed by atoms with Crippen LogP contribution in [0.5, 0.6) is 0 Å². The molecule has 0 aliphatic carbocycles. The van der Waals surface area contributed by atoms with Gasteiger partial charge in [-0.2, -0.15) is 0 Å². The van der Waals surface area contributed by atoms with Gasteiger partial charge in [0.25, 0.3) is 0 Å². The lowest BCUT2D eigenvalue weighted by atomic mass is 10.1. The number of ether oxygens (including phenoxy) is 1. The van der Waals surface area contributed by atoms with Gasteiger partial charge in [-0.05, 0) is 18.4 Å². The first-order valence-electron chi connectivity index (χ1n) is 5.77. The first kappa shape index (κ1) is 10.9. The van der Waals surface area contributed by atoms with Gasteiger partial charge in [0.05, 0.1) is 19.9 Å². The van der Waals surface area contributed by atoms with Crippen LogP contribution in [0.25, 0.3) is 0 Å². The summed E-state index contributed by atoms with van der Waals surface area (Å²) in [6.07, 6.45) is 2.91. The lowest BCUT2D eigenvalue weighted by molar-refractivity contribution is 0.384. The summed E-state index contributed by atoms with van der Waals surface area (Å²) in [5.74, 6) is 0. The second-order valence-electron chi connectivity index (χ2n) is 5.49. The summed E-state index contributed by atoms with van der Waals surface area (Å²) < 4.78 is 5.76. The lowest BCUT2D eigenvalue weighted by Crippen LogP contribution is -2.30. The predicted molar refractivity (Wildman–Crippen MR) is 66.8 cm³/mol. The average Bonchev–Trinajstić information content (AvgIpc) is 2.95. The summed E-state index contributed by atoms with van der Waals surface area (Å²) in [7, 11) is -1.05. The zero-order valence-electron chi connectivity index (χ0n) is 9.86. The fraction of sp³-hybridized carbons (Fsp3) is 0.538. The van der Waals surface area contributed by atoms with Gasteiger partial charge in [-0.15, -0.1) is 0 Å². The number of hydrogen-bond acceptors (Lipinski definition) is 1. The maximum absolute atomic E-state index is 5.76. The SMILES string of the molecule is C[Si](C)(C)C1OC1CCc1ccccc1. The van der Waals surface area contributed by atoms with Gasteiger partial charge in [0.1, 0.15) is 0 Å². The molecule has 15 heavy (non-hydrogen) atoms. The minimum atomic E-state index is -1.05. The Balaban J connectivity index is 1.78. The molecule has 1 fully saturated rings. The molecule has 0 amide bonds. The summed E-state index contributed by atoms with van der Waals surface area (Å²) in [4.78, 5) is 0. The van der Waals surface area contributed by atoms with Crippen molar-refractivity contribution in [2.24, 2.45) is 0 Å². The molecule has 0 bridgehead atoms. The Kier molecular flexibility index (Phi) is 2.98. The smallest absolute Gasteiger partial charge is 0.0819 e. The van der Waals surface area contributed by atoms with Crippen molar-refractivity contribution >= 4 is 8.07 Å². The van der Waals surface area contributed by atoms with Crippen molar-refractivity contribution in [3.8, 4) is 0 Å². The molecule has 0 saturated carbocycles. The van der Waals surface area contributed by atoms with E-state index in [-0.39, 0.29) is 0 Å². The largest absolute Gasteiger partial charge is 0.373 e. The lowest BCUT2D eigenvalue weighted by Gasteiger charge is -2.11. The highest BCUT2D eigenvalue weighted by Crippen LogP contribution is 2.34. The third kappa shape index (κ3) is 2.92. The summed E-state index contributed by atoms with van der Waals surface area (Å²) in [5, 5.41) is 0. The van der Waals surface area contributed by atoms with Crippen molar-refractivity contribution in [2.45, 2.75) is 44.3 Å². The number of epoxide rings is 1. The molecule has 1 aliphatic heterocycles. The summed E-state index contributed by atoms with van der Waals surface area (Å²) in [5.41, 5.74) is 2.04. The molecule has 1 aromatic rings. The number of benzene rings is 1. The molecule has 0 N–H and O–H groups in total. The highest BCUT2D eigenvalue weighted by atomic mass is 28.3. The molecule has 0 spiro atoms. The molecule has 2 atom stereocenters. The second kappa shape index (κ2) is 4.10. The molecular weight excluding hydrogens is 200 g/mol. The quantitative estimate of drug-likeness (QED) is 0.560. The molecule has 0 radical (unpaired) electrons. The van der Waals surface area contributed by atoms with Gasteiger partial charge in [0, 0.05) is 0 Å². The van der Waals surface area contributed by atoms with Crippen LogP contribution in [-0.4, -0.2) is 19.9 Å². The van der Waals surface area contributed by atoms with E-state index >= 15 is 0 Å². The third-order valence-electron chi connectivity index (χ3n) is 3.00. The minimum absolute atomic E-state index is 0.553. The molecular formula is C13H20OSi. The predicted octanol–water partition coefficient (Wildman–Crippen LogP) is 3.26. The van der Waals surface area contributed by atoms with Gasteiger partial charge < -0.3 is 4.74 Å². The van der Waals surface area contributed by atoms with Crippen LogP contribution in [0.2, 0.25) is 19.6 Å². The second-order valence-corrected chi connectivity index (χ2v) is 10.8. The molecule has 2 rings (SSSR count). The van der Waals surface area contributed by atoms with E-state index in [0.717, 1.165) is 6.42 Å². The van der Waals surface area contributed by atoms with Gasteiger partial charge in [-0.25, -0.2) is 0 Å². The summed E-state index contributed by atoms with van der Waals surface area (Å²) in [6, 6.07) is 10.7. The topological polar surface area (TPSA) is 12.5 Å². The van der Waals surface area contributed by atoms with Crippen LogP contribution in [0.3, 0.4) is 0 Å². The first-order chi connectivity index (χ1) is 7.07. The highest BCUT2D eigenvalue weighted by Gasteiger charge is 2.47. The zero-order valence-corrected chi connectivity index (χ0v) is 10.9. The Labute approximate surface area is 93.5 Å². The summed E-state index contributed by atoms with van der Waals surface area (Å²) >= 11 is 0. The van der Waals surface area contributed by atoms with Crippen molar-refractivity contribution in [3.63, 3.8) is 0 Å². The molecule has 0 aromatic heterocycles. The number of aryl methyl sites for hydroxylation is 1. The Morgan fingerprint density at radius 2 is 1.80 bits per heavy atom. The molecule has 1 aliphatic rings. The zero-order chi connectivity index (χ0) is 10.9. The van der Waals surface area contributed by atoms with E-state index in [1.54, 1.807) is 0 Å². The summed E-state index contributed by atoms with van der Waals surface area (Å²) in [6.45, 7) is 7.17. The Hall–Kier alpha value is -0.603. The van der Waals surface area contributed by atoms with Gasteiger partial charge in [-0.1, -0.05) is 50.0 Å². The van der Waals surface area contributed by atoms with Gasteiger partial charge in [-0.3, -0.25) is 0 Å². The minimum Gasteiger partial charge on any atom is -0.373 e. The fourth-order valence-electron chi connectivity index (χ4n) is 2.08. The van der Waals surface area contributed by atoms with E-state index in [9.17, 15) is 0 Å². The molecule has 1 aromatic carbocycles. The Morgan fingerprint density at radius 3 is 2.33 bits per heavy atom. The van der Waals surface area contributed by atoms with Crippen LogP contribution in [0.4, 0.5) is 0 Å². The van der Waals surface area contributed by atoms with E-state index in [2.05, 4.69) is 50.0 Å². The maximum Gasteiger partial charge on any atom is 0.0819 e. The maximum atomic E-state index is 5.76. The van der Waals surface area contributed by atoms with Crippen LogP contribution in [0, 0.1) is 0 Å². The van der Waals surface area contributed by atoms with Crippen molar-refractivity contribution in [1.82, 2.24) is 0 Å². The number of rotatable bonds is 4. The Morgan fingerprint density at radius 1 is 1.13 bits per heavy atom. The van der Waals surface area contributed by atoms with Crippen molar-refractivity contribution in [3.05, 3.63) is 35.9 Å². The van der Waals surface area contributed by atoms with Crippen LogP contribution in [-0.2, 0) is 11.2 Å². The molecule has 2 unspecified atom stereocenters. The van der Waals surface area contributed by atoms with Crippen LogP contribution >= 0.6 is 0 Å². The average molecular weight is 220 g/mol. The van der Waals surface area contributed by atoms with Crippen LogP contribution in [0.1, 0.15) is 12.0 Å². The van der Waals surface area contributed by atoms with Gasteiger partial charge in [0.15, 0.2) is 0 Å². The van der Waals surface area contributed by atoms with Crippen molar-refractivity contribution in [1.29, 1.82) is 0 Å². The van der Waals surface area contributed by atoms with Gasteiger partial charge in [0.2, 0.25) is 0 Å². The molecule has 2 heteroatoms. The standard InChI is InChI=1S/C13H20OSi/c1-15(2,3)13-12(14-13)10-9-11-7-5-4-6-8-11/h4-8,12-13H,9-10H2,1-3H3. The van der Waals surface area contributed by atoms with Crippen molar-refractivity contribution < 1.29 is 4.74 Å². The van der Waals surface area contributed by atoms with Crippen molar-refractivity contribution in [2.75, 3.05) is 0 Å². The van der Waals surface area contributed by atoms with Gasteiger partial charge >= 0.3 is 0 Å². The third-order valence-corrected chi connectivity index (χ3v) is 5.21. The Bertz CT molecular complexity index is 315. The first-order valence-corrected chi connectivity index (χ1v) is 9.34. The van der Waals surface area contributed by atoms with E-state index in [0.29, 0.717) is 11.8 Å². The molecule has 1 nitrogen and oxygen atoms in total. The van der Waals surface area contributed by atoms with E-state index in [1.807, 2.05) is 0 Å². The van der Waals surface area contributed by atoms with E-state index < -0.39 is 8.07 Å². The monoisotopic (exact) mass is 220 g/mol.